The predicted octanol–water partition coefficient (Wildman–Crippen LogP) is 1.50. The molecule has 120 valence electrons. The highest BCUT2D eigenvalue weighted by Crippen LogP contribution is 2.22. The molecule has 0 bridgehead atoms. The van der Waals surface area contributed by atoms with E-state index in [1.165, 1.54) is 36.8 Å². The molecule has 0 radical (unpaired) electrons. The minimum absolute atomic E-state index is 0.152. The lowest BCUT2D eigenvalue weighted by atomic mass is 9.91. The molecule has 1 saturated carbocycles. The third-order valence-electron chi connectivity index (χ3n) is 4.68. The van der Waals surface area contributed by atoms with Crippen molar-refractivity contribution in [2.45, 2.75) is 57.4 Å². The molecule has 1 N–H and O–H groups in total. The molecule has 0 saturated heterocycles. The molecule has 5 nitrogen and oxygen atoms in total. The number of likely N-dealkylation sites (N-methyl/N-ethyl adjacent to an activating group) is 1. The number of aromatic nitrogens is 2. The molecule has 0 aromatic carbocycles. The number of carbonyl (C=O) groups excluding carboxylic acids is 1. The summed E-state index contributed by atoms with van der Waals surface area (Å²) in [6.07, 6.45) is 10.4. The van der Waals surface area contributed by atoms with E-state index >= 15 is 0 Å². The number of fused-ring (bicyclic) bond motifs is 1. The highest BCUT2D eigenvalue weighted by atomic mass is 16.2. The Morgan fingerprint density at radius 1 is 1.36 bits per heavy atom. The summed E-state index contributed by atoms with van der Waals surface area (Å²) < 4.78 is 0. The molecule has 1 aromatic heterocycles. The molecule has 0 unspecified atom stereocenters. The van der Waals surface area contributed by atoms with Crippen molar-refractivity contribution in [2.24, 2.45) is 0 Å². The van der Waals surface area contributed by atoms with Crippen LogP contribution in [0.4, 0.5) is 0 Å². The first-order valence-corrected chi connectivity index (χ1v) is 8.53. The Kier molecular flexibility index (Phi) is 5.03. The van der Waals surface area contributed by atoms with Gasteiger partial charge in [0.1, 0.15) is 0 Å². The van der Waals surface area contributed by atoms with Gasteiger partial charge in [0.25, 0.3) is 0 Å². The molecule has 2 aliphatic rings. The molecule has 3 rings (SSSR count). The summed E-state index contributed by atoms with van der Waals surface area (Å²) in [6.45, 7) is 1.81. The Balaban J connectivity index is 1.49. The first kappa shape index (κ1) is 15.4. The highest BCUT2D eigenvalue weighted by molar-refractivity contribution is 5.78. The smallest absolute Gasteiger partial charge is 0.228 e. The first-order chi connectivity index (χ1) is 10.7. The lowest BCUT2D eigenvalue weighted by molar-refractivity contribution is -0.129. The van der Waals surface area contributed by atoms with Crippen LogP contribution in [0.15, 0.2) is 6.20 Å². The molecule has 0 aliphatic heterocycles. The number of amides is 1. The van der Waals surface area contributed by atoms with Gasteiger partial charge in [-0.3, -0.25) is 4.79 Å². The molecule has 22 heavy (non-hydrogen) atoms. The summed E-state index contributed by atoms with van der Waals surface area (Å²) in [4.78, 5) is 14.2. The predicted molar refractivity (Wildman–Crippen MR) is 85.7 cm³/mol. The van der Waals surface area contributed by atoms with E-state index < -0.39 is 0 Å². The van der Waals surface area contributed by atoms with Crippen molar-refractivity contribution in [2.75, 3.05) is 20.1 Å². The molecule has 0 atom stereocenters. The second-order valence-electron chi connectivity index (χ2n) is 6.58. The fourth-order valence-corrected chi connectivity index (χ4v) is 3.08. The van der Waals surface area contributed by atoms with Crippen LogP contribution in [-0.2, 0) is 24.1 Å². The van der Waals surface area contributed by atoms with Crippen LogP contribution in [-0.4, -0.2) is 47.2 Å². The largest absolute Gasteiger partial charge is 0.345 e. The average Bonchev–Trinajstić information content (AvgIpc) is 3.36. The number of aryl methyl sites for hydroxylation is 1. The van der Waals surface area contributed by atoms with Gasteiger partial charge < -0.3 is 10.2 Å². The number of hydrogen-bond acceptors (Lipinski definition) is 4. The van der Waals surface area contributed by atoms with Crippen LogP contribution in [0.5, 0.6) is 0 Å². The summed E-state index contributed by atoms with van der Waals surface area (Å²) in [6, 6.07) is 0.743. The molecule has 1 amide bonds. The lowest BCUT2D eigenvalue weighted by Gasteiger charge is -2.20. The van der Waals surface area contributed by atoms with Crippen LogP contribution < -0.4 is 5.32 Å². The van der Waals surface area contributed by atoms with E-state index in [4.69, 9.17) is 0 Å². The van der Waals surface area contributed by atoms with Gasteiger partial charge in [-0.1, -0.05) is 0 Å². The van der Waals surface area contributed by atoms with Crippen molar-refractivity contribution in [1.82, 2.24) is 20.4 Å². The van der Waals surface area contributed by atoms with E-state index in [1.807, 2.05) is 18.1 Å². The van der Waals surface area contributed by atoms with E-state index in [9.17, 15) is 4.79 Å². The minimum atomic E-state index is 0.152. The van der Waals surface area contributed by atoms with Crippen LogP contribution in [0, 0.1) is 0 Å². The lowest BCUT2D eigenvalue weighted by Crippen LogP contribution is -2.32. The Morgan fingerprint density at radius 2 is 2.18 bits per heavy atom. The standard InChI is InChI=1S/C17H26N4O/c1-21(10-4-9-18-14-7-8-14)17(22)11-16-15-6-3-2-5-13(15)12-19-20-16/h12,14,18H,2-11H2,1H3. The van der Waals surface area contributed by atoms with Crippen molar-refractivity contribution in [3.63, 3.8) is 0 Å². The maximum Gasteiger partial charge on any atom is 0.228 e. The Labute approximate surface area is 132 Å². The molecule has 1 fully saturated rings. The first-order valence-electron chi connectivity index (χ1n) is 8.53. The topological polar surface area (TPSA) is 58.1 Å². The van der Waals surface area contributed by atoms with Gasteiger partial charge in [-0.15, -0.1) is 0 Å². The molecule has 0 spiro atoms. The van der Waals surface area contributed by atoms with Gasteiger partial charge >= 0.3 is 0 Å². The third-order valence-corrected chi connectivity index (χ3v) is 4.68. The Bertz CT molecular complexity index is 527. The fourth-order valence-electron chi connectivity index (χ4n) is 3.08. The zero-order valence-electron chi connectivity index (χ0n) is 13.5. The van der Waals surface area contributed by atoms with Crippen LogP contribution >= 0.6 is 0 Å². The van der Waals surface area contributed by atoms with E-state index in [0.717, 1.165) is 44.1 Å². The Morgan fingerprint density at radius 3 is 3.00 bits per heavy atom. The molecule has 5 heteroatoms. The number of nitrogens with one attached hydrogen (secondary N) is 1. The van der Waals surface area contributed by atoms with Gasteiger partial charge in [0.05, 0.1) is 18.3 Å². The third kappa shape index (κ3) is 4.03. The average molecular weight is 302 g/mol. The van der Waals surface area contributed by atoms with Gasteiger partial charge in [0, 0.05) is 19.6 Å². The molecular formula is C17H26N4O. The molecule has 1 heterocycles. The van der Waals surface area contributed by atoms with Crippen LogP contribution in [0.3, 0.4) is 0 Å². The molecule has 2 aliphatic carbocycles. The van der Waals surface area contributed by atoms with Gasteiger partial charge in [-0.2, -0.15) is 10.2 Å². The monoisotopic (exact) mass is 302 g/mol. The second-order valence-corrected chi connectivity index (χ2v) is 6.58. The SMILES string of the molecule is CN(CCCNC1CC1)C(=O)Cc1nncc2c1CCCC2. The van der Waals surface area contributed by atoms with Gasteiger partial charge in [0.2, 0.25) is 5.91 Å². The molecular weight excluding hydrogens is 276 g/mol. The van der Waals surface area contributed by atoms with Crippen LogP contribution in [0.1, 0.15) is 48.9 Å². The maximum atomic E-state index is 12.4. The number of hydrogen-bond donors (Lipinski definition) is 1. The maximum absolute atomic E-state index is 12.4. The summed E-state index contributed by atoms with van der Waals surface area (Å²) in [7, 11) is 1.89. The normalized spacial score (nSPS) is 17.1. The minimum Gasteiger partial charge on any atom is -0.345 e. The van der Waals surface area contributed by atoms with Gasteiger partial charge in [-0.25, -0.2) is 0 Å². The summed E-state index contributed by atoms with van der Waals surface area (Å²) in [5.74, 6) is 0.152. The number of rotatable bonds is 7. The van der Waals surface area contributed by atoms with Crippen molar-refractivity contribution in [3.8, 4) is 0 Å². The van der Waals surface area contributed by atoms with Gasteiger partial charge in [0.15, 0.2) is 0 Å². The fraction of sp³-hybridized carbons (Fsp3) is 0.706. The van der Waals surface area contributed by atoms with E-state index in [-0.39, 0.29) is 5.91 Å². The van der Waals surface area contributed by atoms with Crippen molar-refractivity contribution >= 4 is 5.91 Å². The highest BCUT2D eigenvalue weighted by Gasteiger charge is 2.20. The van der Waals surface area contributed by atoms with E-state index in [0.29, 0.717) is 6.42 Å². The Hall–Kier alpha value is -1.49. The van der Waals surface area contributed by atoms with E-state index in [2.05, 4.69) is 15.5 Å². The van der Waals surface area contributed by atoms with Crippen LogP contribution in [0.25, 0.3) is 0 Å². The van der Waals surface area contributed by atoms with Crippen LogP contribution in [0.2, 0.25) is 0 Å². The quantitative estimate of drug-likeness (QED) is 0.776. The summed E-state index contributed by atoms with van der Waals surface area (Å²) in [5, 5.41) is 11.8. The summed E-state index contributed by atoms with van der Waals surface area (Å²) in [5.41, 5.74) is 3.46. The van der Waals surface area contributed by atoms with Crippen molar-refractivity contribution in [3.05, 3.63) is 23.0 Å². The van der Waals surface area contributed by atoms with E-state index in [1.54, 1.807) is 0 Å². The number of carbonyl (C=O) groups is 1. The van der Waals surface area contributed by atoms with Crippen molar-refractivity contribution < 1.29 is 4.79 Å². The van der Waals surface area contributed by atoms with Gasteiger partial charge in [-0.05, 0) is 62.6 Å². The molecule has 1 aromatic rings. The van der Waals surface area contributed by atoms with Crippen molar-refractivity contribution in [1.29, 1.82) is 0 Å². The number of nitrogens with zero attached hydrogens (tertiary/aromatic N) is 3. The summed E-state index contributed by atoms with van der Waals surface area (Å²) >= 11 is 0. The zero-order chi connectivity index (χ0) is 15.4. The second kappa shape index (κ2) is 7.18. The zero-order valence-corrected chi connectivity index (χ0v) is 13.5.